The predicted octanol–water partition coefficient (Wildman–Crippen LogP) is 3.90. The van der Waals surface area contributed by atoms with Gasteiger partial charge in [0.15, 0.2) is 0 Å². The number of benzene rings is 2. The molecule has 1 unspecified atom stereocenters. The summed E-state index contributed by atoms with van der Waals surface area (Å²) in [7, 11) is 1.49. The molecular weight excluding hydrogens is 422 g/mol. The summed E-state index contributed by atoms with van der Waals surface area (Å²) in [4.78, 5) is 27.0. The Labute approximate surface area is 185 Å². The zero-order chi connectivity index (χ0) is 22.5. The van der Waals surface area contributed by atoms with E-state index in [0.29, 0.717) is 23.5 Å². The van der Waals surface area contributed by atoms with Crippen LogP contribution in [0.2, 0.25) is 5.02 Å². The minimum Gasteiger partial charge on any atom is -0.507 e. The van der Waals surface area contributed by atoms with Gasteiger partial charge >= 0.3 is 0 Å². The first-order chi connectivity index (χ1) is 14.9. The Morgan fingerprint density at radius 1 is 1.16 bits per heavy atom. The largest absolute Gasteiger partial charge is 0.507 e. The Bertz CT molecular complexity index is 1020. The van der Waals surface area contributed by atoms with Crippen LogP contribution in [-0.2, 0) is 14.3 Å². The highest BCUT2D eigenvalue weighted by atomic mass is 35.5. The summed E-state index contributed by atoms with van der Waals surface area (Å²) in [5.74, 6) is -1.44. The molecule has 1 aliphatic heterocycles. The molecule has 1 fully saturated rings. The van der Waals surface area contributed by atoms with Gasteiger partial charge in [-0.05, 0) is 36.2 Å². The second-order valence-corrected chi connectivity index (χ2v) is 7.48. The molecule has 8 heteroatoms. The van der Waals surface area contributed by atoms with Gasteiger partial charge in [-0.1, -0.05) is 36.7 Å². The highest BCUT2D eigenvalue weighted by molar-refractivity contribution is 6.46. The molecule has 164 valence electrons. The number of aromatic hydroxyl groups is 1. The van der Waals surface area contributed by atoms with Crippen LogP contribution in [-0.4, -0.2) is 53.7 Å². The maximum absolute atomic E-state index is 12.9. The van der Waals surface area contributed by atoms with E-state index in [1.165, 1.54) is 24.1 Å². The van der Waals surface area contributed by atoms with Gasteiger partial charge in [-0.15, -0.1) is 0 Å². The molecule has 1 saturated heterocycles. The van der Waals surface area contributed by atoms with Crippen molar-refractivity contribution in [2.24, 2.45) is 0 Å². The zero-order valence-electron chi connectivity index (χ0n) is 17.3. The van der Waals surface area contributed by atoms with Gasteiger partial charge in [-0.2, -0.15) is 0 Å². The Morgan fingerprint density at radius 3 is 2.61 bits per heavy atom. The quantitative estimate of drug-likeness (QED) is 0.363. The van der Waals surface area contributed by atoms with E-state index < -0.39 is 17.7 Å². The van der Waals surface area contributed by atoms with E-state index in [-0.39, 0.29) is 35.3 Å². The fourth-order valence-corrected chi connectivity index (χ4v) is 3.64. The number of phenolic OH excluding ortho intramolecular Hbond substituents is 1. The molecular formula is C23H24ClNO6. The van der Waals surface area contributed by atoms with Gasteiger partial charge in [0.1, 0.15) is 17.3 Å². The van der Waals surface area contributed by atoms with E-state index in [2.05, 4.69) is 0 Å². The zero-order valence-corrected chi connectivity index (χ0v) is 18.1. The van der Waals surface area contributed by atoms with Crippen LogP contribution in [0.5, 0.6) is 11.5 Å². The average Bonchev–Trinajstić information content (AvgIpc) is 3.02. The number of aliphatic hydroxyl groups is 1. The van der Waals surface area contributed by atoms with Gasteiger partial charge in [0.2, 0.25) is 0 Å². The first-order valence-corrected chi connectivity index (χ1v) is 10.3. The first kappa shape index (κ1) is 22.7. The third-order valence-electron chi connectivity index (χ3n) is 4.94. The molecule has 0 radical (unpaired) electrons. The van der Waals surface area contributed by atoms with Crippen molar-refractivity contribution in [3.05, 3.63) is 64.2 Å². The molecule has 2 aromatic carbocycles. The summed E-state index contributed by atoms with van der Waals surface area (Å²) in [6.07, 6.45) is 0.822. The number of aliphatic hydroxyl groups excluding tert-OH is 1. The molecule has 0 spiro atoms. The topological polar surface area (TPSA) is 96.3 Å². The minimum atomic E-state index is -0.881. The first-order valence-electron chi connectivity index (χ1n) is 9.88. The fraction of sp³-hybridized carbons (Fsp3) is 0.304. The number of amides is 1. The summed E-state index contributed by atoms with van der Waals surface area (Å²) in [6, 6.07) is 10.2. The van der Waals surface area contributed by atoms with Crippen molar-refractivity contribution in [3.8, 4) is 11.5 Å². The standard InChI is InChI=1S/C23H24ClNO6/c1-3-10-31-16-6-4-5-15(12-16)21(27)19-20(14-7-8-18(26)17(24)13-14)25(9-11-30-2)23(29)22(19)28/h4-8,12-13,20,26-27H,3,9-11H2,1-2H3/b21-19-. The molecule has 1 amide bonds. The van der Waals surface area contributed by atoms with Crippen LogP contribution in [0, 0.1) is 0 Å². The number of phenols is 1. The van der Waals surface area contributed by atoms with Crippen LogP contribution >= 0.6 is 11.6 Å². The summed E-state index contributed by atoms with van der Waals surface area (Å²) in [6.45, 7) is 2.84. The highest BCUT2D eigenvalue weighted by Crippen LogP contribution is 2.41. The number of ketones is 1. The number of likely N-dealkylation sites (tertiary alicyclic amines) is 1. The molecule has 3 rings (SSSR count). The van der Waals surface area contributed by atoms with E-state index in [0.717, 1.165) is 6.42 Å². The molecule has 2 N–H and O–H groups in total. The number of hydrogen-bond donors (Lipinski definition) is 2. The molecule has 0 aliphatic carbocycles. The average molecular weight is 446 g/mol. The van der Waals surface area contributed by atoms with E-state index in [1.807, 2.05) is 6.92 Å². The number of methoxy groups -OCH3 is 1. The van der Waals surface area contributed by atoms with Crippen LogP contribution in [0.1, 0.15) is 30.5 Å². The third-order valence-corrected chi connectivity index (χ3v) is 5.25. The maximum Gasteiger partial charge on any atom is 0.295 e. The summed E-state index contributed by atoms with van der Waals surface area (Å²) in [5, 5.41) is 20.9. The monoisotopic (exact) mass is 445 g/mol. The number of rotatable bonds is 8. The number of Topliss-reactive ketones (excluding diaryl/α,β-unsaturated/α-hetero) is 1. The number of carbonyl (C=O) groups is 2. The van der Waals surface area contributed by atoms with Crippen molar-refractivity contribution in [2.45, 2.75) is 19.4 Å². The lowest BCUT2D eigenvalue weighted by molar-refractivity contribution is -0.140. The van der Waals surface area contributed by atoms with Crippen molar-refractivity contribution in [3.63, 3.8) is 0 Å². The number of hydrogen-bond acceptors (Lipinski definition) is 6. The van der Waals surface area contributed by atoms with E-state index in [4.69, 9.17) is 21.1 Å². The molecule has 7 nitrogen and oxygen atoms in total. The Morgan fingerprint density at radius 2 is 1.94 bits per heavy atom. The van der Waals surface area contributed by atoms with Gasteiger partial charge in [-0.25, -0.2) is 0 Å². The van der Waals surface area contributed by atoms with Crippen molar-refractivity contribution in [1.82, 2.24) is 4.90 Å². The smallest absolute Gasteiger partial charge is 0.295 e. The molecule has 0 saturated carbocycles. The molecule has 31 heavy (non-hydrogen) atoms. The third kappa shape index (κ3) is 4.68. The Hall–Kier alpha value is -3.03. The van der Waals surface area contributed by atoms with Crippen LogP contribution in [0.3, 0.4) is 0 Å². The molecule has 1 aliphatic rings. The predicted molar refractivity (Wildman–Crippen MR) is 116 cm³/mol. The number of nitrogens with zero attached hydrogens (tertiary/aromatic N) is 1. The van der Waals surface area contributed by atoms with Gasteiger partial charge in [-0.3, -0.25) is 9.59 Å². The lowest BCUT2D eigenvalue weighted by Crippen LogP contribution is -2.32. The van der Waals surface area contributed by atoms with Gasteiger partial charge in [0.05, 0.1) is 29.9 Å². The summed E-state index contributed by atoms with van der Waals surface area (Å²) < 4.78 is 10.7. The normalized spacial score (nSPS) is 17.9. The second-order valence-electron chi connectivity index (χ2n) is 7.07. The molecule has 1 atom stereocenters. The van der Waals surface area contributed by atoms with E-state index in [1.54, 1.807) is 30.3 Å². The van der Waals surface area contributed by atoms with Crippen molar-refractivity contribution >= 4 is 29.1 Å². The van der Waals surface area contributed by atoms with Crippen LogP contribution in [0.25, 0.3) is 5.76 Å². The van der Waals surface area contributed by atoms with E-state index in [9.17, 15) is 19.8 Å². The second kappa shape index (κ2) is 9.85. The minimum absolute atomic E-state index is 0.0597. The Kier molecular flexibility index (Phi) is 7.20. The molecule has 2 aromatic rings. The molecule has 1 heterocycles. The fourth-order valence-electron chi connectivity index (χ4n) is 3.45. The van der Waals surface area contributed by atoms with Crippen LogP contribution < -0.4 is 4.74 Å². The van der Waals surface area contributed by atoms with Crippen LogP contribution in [0.15, 0.2) is 48.0 Å². The number of halogens is 1. The summed E-state index contributed by atoms with van der Waals surface area (Å²) in [5.41, 5.74) is 0.779. The van der Waals surface area contributed by atoms with Gasteiger partial charge in [0, 0.05) is 19.2 Å². The van der Waals surface area contributed by atoms with E-state index >= 15 is 0 Å². The number of ether oxygens (including phenoxy) is 2. The summed E-state index contributed by atoms with van der Waals surface area (Å²) >= 11 is 6.07. The lowest BCUT2D eigenvalue weighted by atomic mass is 9.95. The van der Waals surface area contributed by atoms with Gasteiger partial charge in [0.25, 0.3) is 11.7 Å². The van der Waals surface area contributed by atoms with Gasteiger partial charge < -0.3 is 24.6 Å². The Balaban J connectivity index is 2.13. The van der Waals surface area contributed by atoms with Crippen molar-refractivity contribution in [1.29, 1.82) is 0 Å². The molecule has 0 bridgehead atoms. The lowest BCUT2D eigenvalue weighted by Gasteiger charge is -2.25. The maximum atomic E-state index is 12.9. The van der Waals surface area contributed by atoms with Crippen LogP contribution in [0.4, 0.5) is 0 Å². The number of carbonyl (C=O) groups excluding carboxylic acids is 2. The van der Waals surface area contributed by atoms with Crippen molar-refractivity contribution in [2.75, 3.05) is 26.9 Å². The molecule has 0 aromatic heterocycles. The SMILES string of the molecule is CCCOc1cccc(/C(O)=C2/C(=O)C(=O)N(CCOC)C2c2ccc(O)c(Cl)c2)c1. The highest BCUT2D eigenvalue weighted by Gasteiger charge is 2.46. The van der Waals surface area contributed by atoms with Crippen molar-refractivity contribution < 1.29 is 29.3 Å².